The molecular weight excluding hydrogens is 388 g/mol. The molecule has 8 heteroatoms. The third kappa shape index (κ3) is 5.45. The smallest absolute Gasteiger partial charge is 0.263 e. The van der Waals surface area contributed by atoms with E-state index in [2.05, 4.69) is 10.0 Å². The van der Waals surface area contributed by atoms with Gasteiger partial charge in [0.1, 0.15) is 4.90 Å². The number of anilines is 1. The van der Waals surface area contributed by atoms with Crippen molar-refractivity contribution < 1.29 is 17.9 Å². The number of rotatable bonds is 7. The molecule has 2 aromatic carbocycles. The van der Waals surface area contributed by atoms with E-state index in [0.29, 0.717) is 12.3 Å². The molecule has 0 aliphatic rings. The first-order valence-electron chi connectivity index (χ1n) is 8.33. The number of ether oxygens (including phenoxy) is 1. The molecule has 0 heterocycles. The normalized spacial score (nSPS) is 12.5. The van der Waals surface area contributed by atoms with E-state index in [-0.39, 0.29) is 21.5 Å². The summed E-state index contributed by atoms with van der Waals surface area (Å²) in [5.74, 6) is -0.404. The van der Waals surface area contributed by atoms with Crippen LogP contribution in [0, 0.1) is 13.8 Å². The Morgan fingerprint density at radius 1 is 1.19 bits per heavy atom. The number of hydrogen-bond acceptors (Lipinski definition) is 4. The average Bonchev–Trinajstić information content (AvgIpc) is 2.57. The predicted octanol–water partition coefficient (Wildman–Crippen LogP) is 3.52. The highest BCUT2D eigenvalue weighted by Crippen LogP contribution is 2.26. The van der Waals surface area contributed by atoms with Crippen molar-refractivity contribution >= 4 is 33.2 Å². The summed E-state index contributed by atoms with van der Waals surface area (Å²) in [6.07, 6.45) is 0. The van der Waals surface area contributed by atoms with Gasteiger partial charge in [0.2, 0.25) is 0 Å². The monoisotopic (exact) mass is 410 g/mol. The molecular formula is C19H23ClN2O4S. The molecule has 0 radical (unpaired) electrons. The van der Waals surface area contributed by atoms with Crippen LogP contribution in [0.25, 0.3) is 0 Å². The quantitative estimate of drug-likeness (QED) is 0.731. The van der Waals surface area contributed by atoms with Gasteiger partial charge in [0.25, 0.3) is 15.9 Å². The van der Waals surface area contributed by atoms with Crippen LogP contribution in [0.5, 0.6) is 0 Å². The Bertz CT molecular complexity index is 945. The minimum absolute atomic E-state index is 0.0359. The summed E-state index contributed by atoms with van der Waals surface area (Å²) in [4.78, 5) is 12.2. The first-order chi connectivity index (χ1) is 12.6. The number of hydrogen-bond donors (Lipinski definition) is 2. The maximum Gasteiger partial charge on any atom is 0.263 e. The number of nitrogens with one attached hydrogen (secondary N) is 2. The van der Waals surface area contributed by atoms with Crippen molar-refractivity contribution in [1.82, 2.24) is 5.32 Å². The van der Waals surface area contributed by atoms with Gasteiger partial charge in [-0.15, -0.1) is 0 Å². The van der Waals surface area contributed by atoms with Crippen molar-refractivity contribution in [3.63, 3.8) is 0 Å². The summed E-state index contributed by atoms with van der Waals surface area (Å²) in [5, 5.41) is 2.77. The Balaban J connectivity index is 2.32. The Morgan fingerprint density at radius 3 is 2.52 bits per heavy atom. The topological polar surface area (TPSA) is 84.5 Å². The van der Waals surface area contributed by atoms with Crippen LogP contribution < -0.4 is 10.0 Å². The van der Waals surface area contributed by atoms with E-state index < -0.39 is 15.9 Å². The van der Waals surface area contributed by atoms with Crippen LogP contribution in [0.4, 0.5) is 5.69 Å². The molecule has 0 aliphatic carbocycles. The van der Waals surface area contributed by atoms with Gasteiger partial charge >= 0.3 is 0 Å². The molecule has 6 nitrogen and oxygen atoms in total. The van der Waals surface area contributed by atoms with Gasteiger partial charge < -0.3 is 10.1 Å². The first-order valence-corrected chi connectivity index (χ1v) is 10.2. The summed E-state index contributed by atoms with van der Waals surface area (Å²) in [7, 11) is -2.42. The molecule has 0 saturated heterocycles. The highest BCUT2D eigenvalue weighted by Gasteiger charge is 2.21. The maximum absolute atomic E-state index is 12.8. The number of carbonyl (C=O) groups is 1. The van der Waals surface area contributed by atoms with E-state index in [1.165, 1.54) is 25.3 Å². The van der Waals surface area contributed by atoms with Crippen LogP contribution in [0.2, 0.25) is 5.02 Å². The molecule has 0 aromatic heterocycles. The van der Waals surface area contributed by atoms with E-state index in [0.717, 1.165) is 11.1 Å². The lowest BCUT2D eigenvalue weighted by atomic mass is 10.1. The van der Waals surface area contributed by atoms with E-state index in [9.17, 15) is 13.2 Å². The minimum atomic E-state index is -3.96. The van der Waals surface area contributed by atoms with Crippen LogP contribution in [0.1, 0.15) is 28.4 Å². The van der Waals surface area contributed by atoms with Crippen molar-refractivity contribution in [2.24, 2.45) is 0 Å². The SMILES string of the molecule is COC[C@H](C)NC(=O)c1ccc(Cl)c(S(=O)(=O)Nc2ccc(C)cc2C)c1. The van der Waals surface area contributed by atoms with Gasteiger partial charge in [-0.05, 0) is 50.6 Å². The fraction of sp³-hybridized carbons (Fsp3) is 0.316. The molecule has 0 aliphatic heterocycles. The first kappa shape index (κ1) is 21.2. The van der Waals surface area contributed by atoms with E-state index in [4.69, 9.17) is 16.3 Å². The molecule has 1 atom stereocenters. The largest absolute Gasteiger partial charge is 0.383 e. The number of sulfonamides is 1. The van der Waals surface area contributed by atoms with Gasteiger partial charge in [0.15, 0.2) is 0 Å². The fourth-order valence-electron chi connectivity index (χ4n) is 2.58. The summed E-state index contributed by atoms with van der Waals surface area (Å²) in [6.45, 7) is 5.87. The predicted molar refractivity (Wildman–Crippen MR) is 107 cm³/mol. The molecule has 0 spiro atoms. The fourth-order valence-corrected chi connectivity index (χ4v) is 4.23. The Morgan fingerprint density at radius 2 is 1.89 bits per heavy atom. The Hall–Kier alpha value is -2.09. The molecule has 0 bridgehead atoms. The lowest BCUT2D eigenvalue weighted by Crippen LogP contribution is -2.35. The zero-order valence-electron chi connectivity index (χ0n) is 15.7. The summed E-state index contributed by atoms with van der Waals surface area (Å²) in [5.41, 5.74) is 2.47. The number of benzene rings is 2. The minimum Gasteiger partial charge on any atom is -0.383 e. The lowest BCUT2D eigenvalue weighted by molar-refractivity contribution is 0.0905. The average molecular weight is 411 g/mol. The maximum atomic E-state index is 12.8. The summed E-state index contributed by atoms with van der Waals surface area (Å²) < 4.78 is 33.1. The van der Waals surface area contributed by atoms with E-state index >= 15 is 0 Å². The van der Waals surface area contributed by atoms with Gasteiger partial charge in [-0.2, -0.15) is 0 Å². The van der Waals surface area contributed by atoms with Gasteiger partial charge in [0.05, 0.1) is 17.3 Å². The molecule has 2 rings (SSSR count). The van der Waals surface area contributed by atoms with Gasteiger partial charge in [-0.3, -0.25) is 9.52 Å². The standard InChI is InChI=1S/C19H23ClN2O4S/c1-12-5-8-17(13(2)9-12)22-27(24,25)18-10-15(6-7-16(18)20)19(23)21-14(3)11-26-4/h5-10,14,22H,11H2,1-4H3,(H,21,23)/t14-/m0/s1. The molecule has 0 saturated carbocycles. The van der Waals surface area contributed by atoms with Crippen LogP contribution in [0.15, 0.2) is 41.3 Å². The van der Waals surface area contributed by atoms with Crippen LogP contribution in [-0.4, -0.2) is 34.1 Å². The highest BCUT2D eigenvalue weighted by atomic mass is 35.5. The number of amides is 1. The second-order valence-corrected chi connectivity index (χ2v) is 8.46. The number of carbonyl (C=O) groups excluding carboxylic acids is 1. The van der Waals surface area contributed by atoms with Gasteiger partial charge in [0, 0.05) is 18.7 Å². The molecule has 146 valence electrons. The molecule has 2 N–H and O–H groups in total. The number of halogens is 1. The van der Waals surface area contributed by atoms with Crippen LogP contribution in [0.3, 0.4) is 0 Å². The van der Waals surface area contributed by atoms with Crippen molar-refractivity contribution in [2.45, 2.75) is 31.7 Å². The molecule has 27 heavy (non-hydrogen) atoms. The third-order valence-corrected chi connectivity index (χ3v) is 5.75. The highest BCUT2D eigenvalue weighted by molar-refractivity contribution is 7.92. The van der Waals surface area contributed by atoms with E-state index in [1.807, 2.05) is 26.0 Å². The summed E-state index contributed by atoms with van der Waals surface area (Å²) >= 11 is 6.10. The second kappa shape index (κ2) is 8.73. The Kier molecular flexibility index (Phi) is 6.86. The molecule has 1 amide bonds. The lowest BCUT2D eigenvalue weighted by Gasteiger charge is -2.15. The second-order valence-electron chi connectivity index (χ2n) is 6.40. The van der Waals surface area contributed by atoms with Gasteiger partial charge in [-0.25, -0.2) is 8.42 Å². The molecule has 0 unspecified atom stereocenters. The van der Waals surface area contributed by atoms with Gasteiger partial charge in [-0.1, -0.05) is 29.3 Å². The number of aryl methyl sites for hydroxylation is 2. The molecule has 2 aromatic rings. The van der Waals surface area contributed by atoms with Crippen molar-refractivity contribution in [3.8, 4) is 0 Å². The van der Waals surface area contributed by atoms with Crippen LogP contribution in [-0.2, 0) is 14.8 Å². The number of methoxy groups -OCH3 is 1. The molecule has 0 fully saturated rings. The van der Waals surface area contributed by atoms with Crippen LogP contribution >= 0.6 is 11.6 Å². The zero-order valence-corrected chi connectivity index (χ0v) is 17.2. The Labute approximate surface area is 164 Å². The van der Waals surface area contributed by atoms with Crippen molar-refractivity contribution in [2.75, 3.05) is 18.4 Å². The zero-order chi connectivity index (χ0) is 20.2. The van der Waals surface area contributed by atoms with Crippen molar-refractivity contribution in [1.29, 1.82) is 0 Å². The van der Waals surface area contributed by atoms with Crippen molar-refractivity contribution in [3.05, 3.63) is 58.1 Å². The van der Waals surface area contributed by atoms with E-state index in [1.54, 1.807) is 13.0 Å². The third-order valence-electron chi connectivity index (χ3n) is 3.90. The summed E-state index contributed by atoms with van der Waals surface area (Å²) in [6, 6.07) is 9.31.